The molecule has 0 bridgehead atoms. The fourth-order valence-electron chi connectivity index (χ4n) is 2.59. The van der Waals surface area contributed by atoms with Crippen molar-refractivity contribution in [2.24, 2.45) is 5.92 Å². The van der Waals surface area contributed by atoms with Crippen molar-refractivity contribution in [2.75, 3.05) is 6.61 Å². The van der Waals surface area contributed by atoms with Crippen molar-refractivity contribution in [3.05, 3.63) is 29.8 Å². The van der Waals surface area contributed by atoms with Crippen molar-refractivity contribution in [3.63, 3.8) is 0 Å². The Hall–Kier alpha value is -1.53. The van der Waals surface area contributed by atoms with Crippen LogP contribution in [0, 0.1) is 17.2 Å². The van der Waals surface area contributed by atoms with Crippen molar-refractivity contribution in [3.8, 4) is 11.8 Å². The van der Waals surface area contributed by atoms with E-state index in [4.69, 9.17) is 10.00 Å². The van der Waals surface area contributed by atoms with Crippen molar-refractivity contribution in [1.29, 1.82) is 5.26 Å². The molecule has 0 aromatic heterocycles. The molecule has 1 aliphatic rings. The Morgan fingerprint density at radius 2 is 2.22 bits per heavy atom. The average Bonchev–Trinajstić information content (AvgIpc) is 2.80. The smallest absolute Gasteiger partial charge is 0.174 e. The number of hydrogen-bond donors (Lipinski definition) is 1. The zero-order valence-electron chi connectivity index (χ0n) is 10.9. The van der Waals surface area contributed by atoms with Gasteiger partial charge >= 0.3 is 0 Å². The molecule has 1 N–H and O–H groups in total. The molecule has 3 nitrogen and oxygen atoms in total. The van der Waals surface area contributed by atoms with Crippen LogP contribution >= 0.6 is 0 Å². The second kappa shape index (κ2) is 6.42. The second-order valence-corrected chi connectivity index (χ2v) is 4.95. The third kappa shape index (κ3) is 3.24. The molecule has 0 heterocycles. The molecule has 0 saturated heterocycles. The molecule has 3 heteroatoms. The van der Waals surface area contributed by atoms with Gasteiger partial charge in [-0.1, -0.05) is 31.5 Å². The number of nitrogens with one attached hydrogen (secondary N) is 1. The van der Waals surface area contributed by atoms with Crippen LogP contribution < -0.4 is 10.1 Å². The Labute approximate surface area is 109 Å². The summed E-state index contributed by atoms with van der Waals surface area (Å²) in [6.07, 6.45) is 3.91. The molecule has 2 rings (SSSR count). The van der Waals surface area contributed by atoms with Crippen LogP contribution in [0.15, 0.2) is 24.3 Å². The third-order valence-electron chi connectivity index (χ3n) is 3.68. The maximum atomic E-state index is 8.57. The minimum Gasteiger partial charge on any atom is -0.478 e. The van der Waals surface area contributed by atoms with Gasteiger partial charge in [0.15, 0.2) is 6.61 Å². The van der Waals surface area contributed by atoms with Crippen molar-refractivity contribution < 1.29 is 4.74 Å². The summed E-state index contributed by atoms with van der Waals surface area (Å²) in [6, 6.07) is 10.5. The van der Waals surface area contributed by atoms with Crippen LogP contribution in [0.25, 0.3) is 0 Å². The molecule has 96 valence electrons. The van der Waals surface area contributed by atoms with E-state index in [9.17, 15) is 0 Å². The highest BCUT2D eigenvalue weighted by Gasteiger charge is 2.22. The number of benzene rings is 1. The SMILES string of the molecule is CC1CCCC1NCc1ccccc1OCC#N. The van der Waals surface area contributed by atoms with Gasteiger partial charge in [-0.25, -0.2) is 0 Å². The maximum Gasteiger partial charge on any atom is 0.174 e. The highest BCUT2D eigenvalue weighted by molar-refractivity contribution is 5.33. The number of hydrogen-bond acceptors (Lipinski definition) is 3. The first-order valence-corrected chi connectivity index (χ1v) is 6.62. The Morgan fingerprint density at radius 1 is 1.39 bits per heavy atom. The van der Waals surface area contributed by atoms with E-state index in [-0.39, 0.29) is 6.61 Å². The Morgan fingerprint density at radius 3 is 2.94 bits per heavy atom. The Kier molecular flexibility index (Phi) is 4.60. The summed E-state index contributed by atoms with van der Waals surface area (Å²) in [7, 11) is 0. The van der Waals surface area contributed by atoms with Gasteiger partial charge < -0.3 is 10.1 Å². The number of nitriles is 1. The molecule has 0 radical (unpaired) electrons. The Balaban J connectivity index is 1.94. The normalized spacial score (nSPS) is 22.7. The monoisotopic (exact) mass is 244 g/mol. The van der Waals surface area contributed by atoms with E-state index in [1.54, 1.807) is 0 Å². The molecule has 0 amide bonds. The zero-order valence-corrected chi connectivity index (χ0v) is 10.9. The predicted molar refractivity (Wildman–Crippen MR) is 71.2 cm³/mol. The molecule has 0 spiro atoms. The summed E-state index contributed by atoms with van der Waals surface area (Å²) in [5.74, 6) is 1.58. The largest absolute Gasteiger partial charge is 0.478 e. The predicted octanol–water partition coefficient (Wildman–Crippen LogP) is 2.87. The molecular weight excluding hydrogens is 224 g/mol. The molecule has 18 heavy (non-hydrogen) atoms. The molecule has 2 unspecified atom stereocenters. The average molecular weight is 244 g/mol. The van der Waals surface area contributed by atoms with Gasteiger partial charge in [-0.3, -0.25) is 0 Å². The van der Waals surface area contributed by atoms with E-state index in [2.05, 4.69) is 18.3 Å². The fraction of sp³-hybridized carbons (Fsp3) is 0.533. The zero-order chi connectivity index (χ0) is 12.8. The quantitative estimate of drug-likeness (QED) is 0.866. The van der Waals surface area contributed by atoms with Gasteiger partial charge in [0.25, 0.3) is 0 Å². The number of nitrogens with zero attached hydrogens (tertiary/aromatic N) is 1. The maximum absolute atomic E-state index is 8.57. The minimum absolute atomic E-state index is 0.108. The van der Waals surface area contributed by atoms with E-state index in [1.807, 2.05) is 24.3 Å². The summed E-state index contributed by atoms with van der Waals surface area (Å²) in [5.41, 5.74) is 1.13. The van der Waals surface area contributed by atoms with Gasteiger partial charge in [-0.05, 0) is 24.8 Å². The van der Waals surface area contributed by atoms with Crippen LogP contribution in [0.1, 0.15) is 31.7 Å². The topological polar surface area (TPSA) is 45.0 Å². The van der Waals surface area contributed by atoms with Gasteiger partial charge in [0.2, 0.25) is 0 Å². The third-order valence-corrected chi connectivity index (χ3v) is 3.68. The van der Waals surface area contributed by atoms with E-state index >= 15 is 0 Å². The fourth-order valence-corrected chi connectivity index (χ4v) is 2.59. The lowest BCUT2D eigenvalue weighted by Crippen LogP contribution is -2.30. The lowest BCUT2D eigenvalue weighted by Gasteiger charge is -2.18. The van der Waals surface area contributed by atoms with Gasteiger partial charge in [-0.2, -0.15) is 5.26 Å². The standard InChI is InChI=1S/C15H20N2O/c1-12-5-4-7-14(12)17-11-13-6-2-3-8-15(13)18-10-9-16/h2-3,6,8,12,14,17H,4-5,7,10-11H2,1H3. The van der Waals surface area contributed by atoms with Crippen LogP contribution in [-0.2, 0) is 6.54 Å². The summed E-state index contributed by atoms with van der Waals surface area (Å²) in [5, 5.41) is 12.2. The molecule has 1 aliphatic carbocycles. The first-order valence-electron chi connectivity index (χ1n) is 6.62. The van der Waals surface area contributed by atoms with Crippen LogP contribution in [0.3, 0.4) is 0 Å². The van der Waals surface area contributed by atoms with E-state index in [1.165, 1.54) is 19.3 Å². The van der Waals surface area contributed by atoms with Crippen molar-refractivity contribution in [1.82, 2.24) is 5.32 Å². The van der Waals surface area contributed by atoms with Crippen LogP contribution in [0.5, 0.6) is 5.75 Å². The summed E-state index contributed by atoms with van der Waals surface area (Å²) in [4.78, 5) is 0. The summed E-state index contributed by atoms with van der Waals surface area (Å²) >= 11 is 0. The van der Waals surface area contributed by atoms with Crippen molar-refractivity contribution >= 4 is 0 Å². The highest BCUT2D eigenvalue weighted by atomic mass is 16.5. The first kappa shape index (κ1) is 12.9. The second-order valence-electron chi connectivity index (χ2n) is 4.95. The molecule has 1 aromatic carbocycles. The number of para-hydroxylation sites is 1. The lowest BCUT2D eigenvalue weighted by atomic mass is 10.1. The highest BCUT2D eigenvalue weighted by Crippen LogP contribution is 2.26. The molecule has 2 atom stereocenters. The summed E-state index contributed by atoms with van der Waals surface area (Å²) in [6.45, 7) is 3.23. The molecule has 1 fully saturated rings. The van der Waals surface area contributed by atoms with Crippen LogP contribution in [0.4, 0.5) is 0 Å². The van der Waals surface area contributed by atoms with Crippen molar-refractivity contribution in [2.45, 2.75) is 38.8 Å². The van der Waals surface area contributed by atoms with E-state index in [0.717, 1.165) is 23.8 Å². The van der Waals surface area contributed by atoms with E-state index < -0.39 is 0 Å². The van der Waals surface area contributed by atoms with Gasteiger partial charge in [-0.15, -0.1) is 0 Å². The molecule has 0 aliphatic heterocycles. The van der Waals surface area contributed by atoms with Gasteiger partial charge in [0.05, 0.1) is 0 Å². The van der Waals surface area contributed by atoms with Gasteiger partial charge in [0.1, 0.15) is 11.8 Å². The first-order chi connectivity index (χ1) is 8.81. The molecular formula is C15H20N2O. The summed E-state index contributed by atoms with van der Waals surface area (Å²) < 4.78 is 5.43. The molecule has 1 saturated carbocycles. The molecule has 1 aromatic rings. The van der Waals surface area contributed by atoms with Crippen LogP contribution in [0.2, 0.25) is 0 Å². The lowest BCUT2D eigenvalue weighted by molar-refractivity contribution is 0.358. The van der Waals surface area contributed by atoms with E-state index in [0.29, 0.717) is 6.04 Å². The number of rotatable bonds is 5. The number of ether oxygens (including phenoxy) is 1. The Bertz CT molecular complexity index is 425. The van der Waals surface area contributed by atoms with Gasteiger partial charge in [0, 0.05) is 18.2 Å². The minimum atomic E-state index is 0.108. The van der Waals surface area contributed by atoms with Crippen LogP contribution in [-0.4, -0.2) is 12.6 Å².